The van der Waals surface area contributed by atoms with Crippen LogP contribution in [0.2, 0.25) is 0 Å². The second-order valence-electron chi connectivity index (χ2n) is 7.20. The Kier molecular flexibility index (Phi) is 7.33. The van der Waals surface area contributed by atoms with Crippen molar-refractivity contribution in [1.29, 1.82) is 0 Å². The lowest BCUT2D eigenvalue weighted by molar-refractivity contribution is 0.204. The Balaban J connectivity index is 2.05. The van der Waals surface area contributed by atoms with Crippen LogP contribution in [0, 0.1) is 0 Å². The van der Waals surface area contributed by atoms with E-state index in [4.69, 9.17) is 0 Å². The van der Waals surface area contributed by atoms with Crippen molar-refractivity contribution in [2.75, 3.05) is 39.8 Å². The lowest BCUT2D eigenvalue weighted by atomic mass is 10.1. The fraction of sp³-hybridized carbons (Fsp3) is 1.00. The number of likely N-dealkylation sites (N-methyl/N-ethyl adjacent to an activating group) is 1. The Morgan fingerprint density at radius 2 is 1.84 bits per heavy atom. The predicted octanol–water partition coefficient (Wildman–Crippen LogP) is 2.57. The first kappa shape index (κ1) is 16.9. The molecule has 1 aliphatic heterocycles. The fourth-order valence-electron chi connectivity index (χ4n) is 2.61. The van der Waals surface area contributed by atoms with Gasteiger partial charge in [0, 0.05) is 24.7 Å². The van der Waals surface area contributed by atoms with Crippen molar-refractivity contribution in [1.82, 2.24) is 15.1 Å². The highest BCUT2D eigenvalue weighted by Crippen LogP contribution is 2.09. The van der Waals surface area contributed by atoms with E-state index < -0.39 is 0 Å². The van der Waals surface area contributed by atoms with E-state index in [0.717, 1.165) is 6.54 Å². The first-order valence-electron chi connectivity index (χ1n) is 8.06. The fourth-order valence-corrected chi connectivity index (χ4v) is 2.61. The highest BCUT2D eigenvalue weighted by molar-refractivity contribution is 4.72. The number of rotatable bonds is 8. The molecule has 114 valence electrons. The molecule has 1 heterocycles. The molecular weight excluding hydrogens is 234 g/mol. The van der Waals surface area contributed by atoms with Crippen molar-refractivity contribution >= 4 is 0 Å². The summed E-state index contributed by atoms with van der Waals surface area (Å²) in [5.41, 5.74) is 0.255. The van der Waals surface area contributed by atoms with E-state index in [0.29, 0.717) is 6.04 Å². The van der Waals surface area contributed by atoms with Gasteiger partial charge in [-0.3, -0.25) is 0 Å². The maximum Gasteiger partial charge on any atom is 0.0109 e. The minimum atomic E-state index is 0.255. The van der Waals surface area contributed by atoms with Gasteiger partial charge in [0.15, 0.2) is 0 Å². The van der Waals surface area contributed by atoms with Crippen LogP contribution in [-0.4, -0.2) is 61.2 Å². The van der Waals surface area contributed by atoms with Crippen LogP contribution in [0.5, 0.6) is 0 Å². The van der Waals surface area contributed by atoms with Crippen LogP contribution in [-0.2, 0) is 0 Å². The van der Waals surface area contributed by atoms with Crippen molar-refractivity contribution < 1.29 is 0 Å². The lowest BCUT2D eigenvalue weighted by Crippen LogP contribution is -2.38. The third-order valence-corrected chi connectivity index (χ3v) is 4.17. The van der Waals surface area contributed by atoms with Crippen LogP contribution in [0.25, 0.3) is 0 Å². The van der Waals surface area contributed by atoms with Gasteiger partial charge in [-0.2, -0.15) is 0 Å². The zero-order valence-electron chi connectivity index (χ0n) is 13.8. The van der Waals surface area contributed by atoms with Crippen LogP contribution >= 0.6 is 0 Å². The number of likely N-dealkylation sites (tertiary alicyclic amines) is 1. The topological polar surface area (TPSA) is 18.5 Å². The molecule has 3 nitrogen and oxygen atoms in total. The molecule has 1 saturated heterocycles. The molecule has 0 saturated carbocycles. The van der Waals surface area contributed by atoms with E-state index in [2.05, 4.69) is 49.9 Å². The predicted molar refractivity (Wildman–Crippen MR) is 84.8 cm³/mol. The molecule has 1 unspecified atom stereocenters. The summed E-state index contributed by atoms with van der Waals surface area (Å²) in [6.45, 7) is 15.3. The molecule has 0 aromatic heterocycles. The Bertz CT molecular complexity index is 229. The van der Waals surface area contributed by atoms with E-state index in [9.17, 15) is 0 Å². The summed E-state index contributed by atoms with van der Waals surface area (Å²) < 4.78 is 0. The molecule has 0 amide bonds. The average Bonchev–Trinajstić information content (AvgIpc) is 2.83. The van der Waals surface area contributed by atoms with E-state index >= 15 is 0 Å². The van der Waals surface area contributed by atoms with E-state index in [-0.39, 0.29) is 5.54 Å². The molecule has 1 rings (SSSR count). The summed E-state index contributed by atoms with van der Waals surface area (Å²) in [6.07, 6.45) is 5.36. The van der Waals surface area contributed by atoms with Gasteiger partial charge in [0.05, 0.1) is 0 Å². The standard InChI is InChI=1S/C16H35N3/c1-15(9-8-10-17-16(2,3)4)18(5)13-14-19-11-6-7-12-19/h15,17H,6-14H2,1-5H3. The minimum absolute atomic E-state index is 0.255. The van der Waals surface area contributed by atoms with Gasteiger partial charge in [-0.1, -0.05) is 0 Å². The summed E-state index contributed by atoms with van der Waals surface area (Å²) in [6, 6.07) is 0.698. The van der Waals surface area contributed by atoms with Crippen molar-refractivity contribution in [3.8, 4) is 0 Å². The van der Waals surface area contributed by atoms with Gasteiger partial charge < -0.3 is 15.1 Å². The largest absolute Gasteiger partial charge is 0.312 e. The van der Waals surface area contributed by atoms with E-state index in [1.165, 1.54) is 51.9 Å². The highest BCUT2D eigenvalue weighted by Gasteiger charge is 2.14. The minimum Gasteiger partial charge on any atom is -0.312 e. The SMILES string of the molecule is CC(CCCNC(C)(C)C)N(C)CCN1CCCC1. The van der Waals surface area contributed by atoms with Gasteiger partial charge in [0.1, 0.15) is 0 Å². The molecule has 0 aromatic carbocycles. The molecular formula is C16H35N3. The highest BCUT2D eigenvalue weighted by atomic mass is 15.2. The van der Waals surface area contributed by atoms with Crippen molar-refractivity contribution in [3.63, 3.8) is 0 Å². The maximum atomic E-state index is 3.57. The first-order chi connectivity index (χ1) is 8.88. The molecule has 0 bridgehead atoms. The molecule has 1 fully saturated rings. The Morgan fingerprint density at radius 1 is 1.21 bits per heavy atom. The summed E-state index contributed by atoms with van der Waals surface area (Å²) >= 11 is 0. The van der Waals surface area contributed by atoms with Crippen molar-refractivity contribution in [2.45, 2.75) is 65.0 Å². The number of hydrogen-bond acceptors (Lipinski definition) is 3. The molecule has 0 aliphatic carbocycles. The summed E-state index contributed by atoms with van der Waals surface area (Å²) in [5.74, 6) is 0. The van der Waals surface area contributed by atoms with Gasteiger partial charge in [0.2, 0.25) is 0 Å². The molecule has 1 atom stereocenters. The molecule has 1 aliphatic rings. The lowest BCUT2D eigenvalue weighted by Gasteiger charge is -2.27. The smallest absolute Gasteiger partial charge is 0.0109 e. The van der Waals surface area contributed by atoms with Crippen molar-refractivity contribution in [3.05, 3.63) is 0 Å². The van der Waals surface area contributed by atoms with Gasteiger partial charge in [-0.15, -0.1) is 0 Å². The van der Waals surface area contributed by atoms with E-state index in [1.54, 1.807) is 0 Å². The monoisotopic (exact) mass is 269 g/mol. The normalized spacial score (nSPS) is 19.3. The third kappa shape index (κ3) is 7.91. The second-order valence-corrected chi connectivity index (χ2v) is 7.20. The van der Waals surface area contributed by atoms with Gasteiger partial charge in [-0.25, -0.2) is 0 Å². The maximum absolute atomic E-state index is 3.57. The number of nitrogens with zero attached hydrogens (tertiary/aromatic N) is 2. The molecule has 0 aromatic rings. The molecule has 1 N–H and O–H groups in total. The van der Waals surface area contributed by atoms with Crippen LogP contribution in [0.4, 0.5) is 0 Å². The zero-order chi connectivity index (χ0) is 14.3. The van der Waals surface area contributed by atoms with Crippen LogP contribution < -0.4 is 5.32 Å². The van der Waals surface area contributed by atoms with Gasteiger partial charge >= 0.3 is 0 Å². The summed E-state index contributed by atoms with van der Waals surface area (Å²) in [4.78, 5) is 5.12. The first-order valence-corrected chi connectivity index (χ1v) is 8.06. The van der Waals surface area contributed by atoms with Crippen LogP contribution in [0.15, 0.2) is 0 Å². The van der Waals surface area contributed by atoms with Gasteiger partial charge in [-0.05, 0) is 80.1 Å². The van der Waals surface area contributed by atoms with Gasteiger partial charge in [0.25, 0.3) is 0 Å². The zero-order valence-corrected chi connectivity index (χ0v) is 13.8. The molecule has 3 heteroatoms. The quantitative estimate of drug-likeness (QED) is 0.683. The van der Waals surface area contributed by atoms with Crippen LogP contribution in [0.3, 0.4) is 0 Å². The summed E-state index contributed by atoms with van der Waals surface area (Å²) in [5, 5.41) is 3.57. The molecule has 0 spiro atoms. The Morgan fingerprint density at radius 3 is 2.42 bits per heavy atom. The number of nitrogens with one attached hydrogen (secondary N) is 1. The van der Waals surface area contributed by atoms with Crippen LogP contribution in [0.1, 0.15) is 53.4 Å². The Labute approximate surface area is 120 Å². The van der Waals surface area contributed by atoms with E-state index in [1.807, 2.05) is 0 Å². The number of hydrogen-bond donors (Lipinski definition) is 1. The molecule has 19 heavy (non-hydrogen) atoms. The molecule has 0 radical (unpaired) electrons. The third-order valence-electron chi connectivity index (χ3n) is 4.17. The average molecular weight is 269 g/mol. The summed E-state index contributed by atoms with van der Waals surface area (Å²) in [7, 11) is 2.28. The van der Waals surface area contributed by atoms with Crippen molar-refractivity contribution in [2.24, 2.45) is 0 Å². The second kappa shape index (κ2) is 8.23. The Hall–Kier alpha value is -0.120.